The SMILES string of the molecule is CCCC1Cc2ccc(OC)cc2C1. The van der Waals surface area contributed by atoms with Crippen LogP contribution in [0.5, 0.6) is 5.75 Å². The van der Waals surface area contributed by atoms with Crippen LogP contribution in [0.2, 0.25) is 0 Å². The van der Waals surface area contributed by atoms with E-state index in [4.69, 9.17) is 4.74 Å². The Morgan fingerprint density at radius 3 is 2.79 bits per heavy atom. The average Bonchev–Trinajstić information content (AvgIpc) is 2.59. The van der Waals surface area contributed by atoms with E-state index in [1.54, 1.807) is 7.11 Å². The zero-order valence-corrected chi connectivity index (χ0v) is 9.05. The lowest BCUT2D eigenvalue weighted by molar-refractivity contribution is 0.414. The number of methoxy groups -OCH3 is 1. The zero-order valence-electron chi connectivity index (χ0n) is 9.05. The molecular formula is C13H18O. The molecular weight excluding hydrogens is 172 g/mol. The molecule has 1 aliphatic rings. The molecule has 0 N–H and O–H groups in total. The van der Waals surface area contributed by atoms with Gasteiger partial charge < -0.3 is 4.74 Å². The molecule has 1 unspecified atom stereocenters. The quantitative estimate of drug-likeness (QED) is 0.711. The first-order chi connectivity index (χ1) is 6.83. The largest absolute Gasteiger partial charge is 0.497 e. The van der Waals surface area contributed by atoms with Crippen molar-refractivity contribution in [3.63, 3.8) is 0 Å². The normalized spacial score (nSPS) is 19.4. The number of ether oxygens (including phenoxy) is 1. The van der Waals surface area contributed by atoms with Crippen molar-refractivity contribution in [1.82, 2.24) is 0 Å². The number of hydrogen-bond donors (Lipinski definition) is 0. The van der Waals surface area contributed by atoms with Crippen LogP contribution in [0.1, 0.15) is 30.9 Å². The zero-order chi connectivity index (χ0) is 9.97. The highest BCUT2D eigenvalue weighted by molar-refractivity contribution is 5.39. The van der Waals surface area contributed by atoms with Gasteiger partial charge in [0.1, 0.15) is 5.75 Å². The highest BCUT2D eigenvalue weighted by Crippen LogP contribution is 2.31. The van der Waals surface area contributed by atoms with Gasteiger partial charge in [0.25, 0.3) is 0 Å². The van der Waals surface area contributed by atoms with E-state index >= 15 is 0 Å². The standard InChI is InChI=1S/C13H18O/c1-3-4-10-7-11-5-6-13(14-2)9-12(11)8-10/h5-6,9-10H,3-4,7-8H2,1-2H3. The van der Waals surface area contributed by atoms with E-state index in [1.807, 2.05) is 0 Å². The minimum absolute atomic E-state index is 0.877. The van der Waals surface area contributed by atoms with Crippen molar-refractivity contribution in [2.24, 2.45) is 5.92 Å². The minimum Gasteiger partial charge on any atom is -0.497 e. The molecule has 1 aromatic rings. The summed E-state index contributed by atoms with van der Waals surface area (Å²) in [6.45, 7) is 2.27. The van der Waals surface area contributed by atoms with Gasteiger partial charge in [-0.15, -0.1) is 0 Å². The van der Waals surface area contributed by atoms with Crippen molar-refractivity contribution in [2.75, 3.05) is 7.11 Å². The molecule has 0 amide bonds. The Bertz CT molecular complexity index is 317. The Hall–Kier alpha value is -0.980. The highest BCUT2D eigenvalue weighted by Gasteiger charge is 2.20. The molecule has 1 nitrogen and oxygen atoms in total. The first kappa shape index (κ1) is 9.57. The summed E-state index contributed by atoms with van der Waals surface area (Å²) in [4.78, 5) is 0. The van der Waals surface area contributed by atoms with Crippen LogP contribution in [0.4, 0.5) is 0 Å². The van der Waals surface area contributed by atoms with Crippen LogP contribution in [0.3, 0.4) is 0 Å². The first-order valence-corrected chi connectivity index (χ1v) is 5.49. The highest BCUT2D eigenvalue weighted by atomic mass is 16.5. The molecule has 1 aliphatic carbocycles. The molecule has 1 atom stereocenters. The van der Waals surface area contributed by atoms with Crippen LogP contribution in [-0.2, 0) is 12.8 Å². The maximum atomic E-state index is 5.23. The van der Waals surface area contributed by atoms with Gasteiger partial charge in [-0.05, 0) is 42.0 Å². The molecule has 0 aromatic heterocycles. The average molecular weight is 190 g/mol. The van der Waals surface area contributed by atoms with E-state index in [9.17, 15) is 0 Å². The maximum Gasteiger partial charge on any atom is 0.119 e. The van der Waals surface area contributed by atoms with Crippen molar-refractivity contribution >= 4 is 0 Å². The van der Waals surface area contributed by atoms with Crippen LogP contribution < -0.4 is 4.74 Å². The molecule has 0 radical (unpaired) electrons. The lowest BCUT2D eigenvalue weighted by Crippen LogP contribution is -1.97. The van der Waals surface area contributed by atoms with Crippen molar-refractivity contribution < 1.29 is 4.74 Å². The van der Waals surface area contributed by atoms with Gasteiger partial charge in [-0.25, -0.2) is 0 Å². The van der Waals surface area contributed by atoms with E-state index in [0.717, 1.165) is 11.7 Å². The minimum atomic E-state index is 0.877. The van der Waals surface area contributed by atoms with Crippen LogP contribution in [-0.4, -0.2) is 7.11 Å². The van der Waals surface area contributed by atoms with Crippen LogP contribution in [0, 0.1) is 5.92 Å². The van der Waals surface area contributed by atoms with Gasteiger partial charge in [-0.1, -0.05) is 25.8 Å². The third-order valence-electron chi connectivity index (χ3n) is 3.13. The van der Waals surface area contributed by atoms with E-state index in [0.29, 0.717) is 0 Å². The summed E-state index contributed by atoms with van der Waals surface area (Å²) < 4.78 is 5.23. The first-order valence-electron chi connectivity index (χ1n) is 5.49. The van der Waals surface area contributed by atoms with E-state index in [1.165, 1.54) is 36.8 Å². The molecule has 14 heavy (non-hydrogen) atoms. The lowest BCUT2D eigenvalue weighted by Gasteiger charge is -2.04. The summed E-state index contributed by atoms with van der Waals surface area (Å²) in [7, 11) is 1.74. The predicted octanol–water partition coefficient (Wildman–Crippen LogP) is 3.21. The van der Waals surface area contributed by atoms with Crippen molar-refractivity contribution in [3.05, 3.63) is 29.3 Å². The molecule has 0 aliphatic heterocycles. The molecule has 0 fully saturated rings. The number of benzene rings is 1. The van der Waals surface area contributed by atoms with E-state index in [2.05, 4.69) is 25.1 Å². The molecule has 76 valence electrons. The van der Waals surface area contributed by atoms with Gasteiger partial charge >= 0.3 is 0 Å². The summed E-state index contributed by atoms with van der Waals surface area (Å²) in [6.07, 6.45) is 5.18. The van der Waals surface area contributed by atoms with Crippen molar-refractivity contribution in [2.45, 2.75) is 32.6 Å². The fraction of sp³-hybridized carbons (Fsp3) is 0.538. The Morgan fingerprint density at radius 1 is 1.29 bits per heavy atom. The molecule has 0 saturated carbocycles. The smallest absolute Gasteiger partial charge is 0.119 e. The third kappa shape index (κ3) is 1.77. The van der Waals surface area contributed by atoms with Gasteiger partial charge in [0.2, 0.25) is 0 Å². The van der Waals surface area contributed by atoms with E-state index in [-0.39, 0.29) is 0 Å². The molecule has 0 heterocycles. The maximum absolute atomic E-state index is 5.23. The third-order valence-corrected chi connectivity index (χ3v) is 3.13. The molecule has 1 aromatic carbocycles. The Labute approximate surface area is 86.1 Å². The van der Waals surface area contributed by atoms with Gasteiger partial charge in [-0.2, -0.15) is 0 Å². The second-order valence-corrected chi connectivity index (χ2v) is 4.20. The fourth-order valence-corrected chi connectivity index (χ4v) is 2.42. The van der Waals surface area contributed by atoms with Crippen molar-refractivity contribution in [1.29, 1.82) is 0 Å². The van der Waals surface area contributed by atoms with Gasteiger partial charge in [0.05, 0.1) is 7.11 Å². The number of fused-ring (bicyclic) bond motifs is 1. The predicted molar refractivity (Wildman–Crippen MR) is 58.8 cm³/mol. The molecule has 1 heteroatoms. The second-order valence-electron chi connectivity index (χ2n) is 4.20. The van der Waals surface area contributed by atoms with Gasteiger partial charge in [0.15, 0.2) is 0 Å². The topological polar surface area (TPSA) is 9.23 Å². The fourth-order valence-electron chi connectivity index (χ4n) is 2.42. The summed E-state index contributed by atoms with van der Waals surface area (Å²) in [6, 6.07) is 6.50. The van der Waals surface area contributed by atoms with Crippen LogP contribution in [0.15, 0.2) is 18.2 Å². The molecule has 0 bridgehead atoms. The Kier molecular flexibility index (Phi) is 2.76. The molecule has 0 saturated heterocycles. The monoisotopic (exact) mass is 190 g/mol. The molecule has 0 spiro atoms. The van der Waals surface area contributed by atoms with Crippen molar-refractivity contribution in [3.8, 4) is 5.75 Å². The number of rotatable bonds is 3. The summed E-state index contributed by atoms with van der Waals surface area (Å²) in [5.74, 6) is 1.88. The van der Waals surface area contributed by atoms with E-state index < -0.39 is 0 Å². The van der Waals surface area contributed by atoms with Gasteiger partial charge in [-0.3, -0.25) is 0 Å². The summed E-state index contributed by atoms with van der Waals surface area (Å²) in [5, 5.41) is 0. The van der Waals surface area contributed by atoms with Crippen LogP contribution >= 0.6 is 0 Å². The Balaban J connectivity index is 2.14. The Morgan fingerprint density at radius 2 is 2.07 bits per heavy atom. The number of hydrogen-bond acceptors (Lipinski definition) is 1. The lowest BCUT2D eigenvalue weighted by atomic mass is 10.0. The second kappa shape index (κ2) is 4.04. The van der Waals surface area contributed by atoms with Gasteiger partial charge in [0, 0.05) is 0 Å². The summed E-state index contributed by atoms with van der Waals surface area (Å²) >= 11 is 0. The molecule has 2 rings (SSSR count). The van der Waals surface area contributed by atoms with Crippen LogP contribution in [0.25, 0.3) is 0 Å². The summed E-state index contributed by atoms with van der Waals surface area (Å²) in [5.41, 5.74) is 3.03.